The zero-order valence-corrected chi connectivity index (χ0v) is 9.26. The molecule has 0 saturated heterocycles. The number of carbonyl (C=O) groups excluding carboxylic acids is 2. The number of carbonyl (C=O) groups is 2. The van der Waals surface area contributed by atoms with Gasteiger partial charge in [-0.1, -0.05) is 0 Å². The summed E-state index contributed by atoms with van der Waals surface area (Å²) >= 11 is 0. The van der Waals surface area contributed by atoms with E-state index in [1.165, 1.54) is 25.0 Å². The number of methoxy groups -OCH3 is 2. The van der Waals surface area contributed by atoms with Crippen molar-refractivity contribution in [3.8, 4) is 0 Å². The lowest BCUT2D eigenvalue weighted by molar-refractivity contribution is -0.137. The van der Waals surface area contributed by atoms with E-state index >= 15 is 0 Å². The summed E-state index contributed by atoms with van der Waals surface area (Å²) in [6, 6.07) is 0. The van der Waals surface area contributed by atoms with Crippen LogP contribution in [0.2, 0.25) is 0 Å². The van der Waals surface area contributed by atoms with Crippen LogP contribution < -0.4 is 0 Å². The first-order chi connectivity index (χ1) is 7.60. The van der Waals surface area contributed by atoms with Crippen molar-refractivity contribution < 1.29 is 19.1 Å². The first-order valence-corrected chi connectivity index (χ1v) is 4.48. The van der Waals surface area contributed by atoms with Gasteiger partial charge in [0.1, 0.15) is 11.5 Å². The van der Waals surface area contributed by atoms with Gasteiger partial charge in [0.2, 0.25) is 0 Å². The van der Waals surface area contributed by atoms with Crippen LogP contribution in [0.5, 0.6) is 0 Å². The molecule has 0 radical (unpaired) electrons. The molecule has 0 saturated carbocycles. The molecule has 6 heteroatoms. The standard InChI is InChI=1S/C10H12N2O4/c1-7-11-4-5-12(7)8(10(14)16-3)6-9(13)15-2/h4-6H,1-3H3. The second kappa shape index (κ2) is 5.11. The maximum Gasteiger partial charge on any atom is 0.355 e. The molecule has 1 heterocycles. The number of hydrogen-bond acceptors (Lipinski definition) is 5. The molecule has 0 N–H and O–H groups in total. The number of esters is 2. The van der Waals surface area contributed by atoms with E-state index in [0.717, 1.165) is 6.08 Å². The Morgan fingerprint density at radius 1 is 1.38 bits per heavy atom. The quantitative estimate of drug-likeness (QED) is 0.548. The minimum absolute atomic E-state index is 0.0596. The monoisotopic (exact) mass is 224 g/mol. The van der Waals surface area contributed by atoms with Gasteiger partial charge in [0.25, 0.3) is 0 Å². The van der Waals surface area contributed by atoms with Crippen LogP contribution in [0.3, 0.4) is 0 Å². The first kappa shape index (κ1) is 12.0. The molecule has 0 unspecified atom stereocenters. The molecule has 1 aromatic rings. The molecule has 0 fully saturated rings. The van der Waals surface area contributed by atoms with E-state index in [1.54, 1.807) is 13.1 Å². The van der Waals surface area contributed by atoms with E-state index in [9.17, 15) is 9.59 Å². The summed E-state index contributed by atoms with van der Waals surface area (Å²) in [4.78, 5) is 26.5. The van der Waals surface area contributed by atoms with Crippen molar-refractivity contribution in [3.05, 3.63) is 24.3 Å². The molecule has 1 rings (SSSR count). The van der Waals surface area contributed by atoms with Gasteiger partial charge in [0.05, 0.1) is 20.3 Å². The zero-order chi connectivity index (χ0) is 12.1. The summed E-state index contributed by atoms with van der Waals surface area (Å²) in [5, 5.41) is 0. The van der Waals surface area contributed by atoms with Gasteiger partial charge >= 0.3 is 11.9 Å². The minimum Gasteiger partial charge on any atom is -0.466 e. The normalized spacial score (nSPS) is 11.1. The highest BCUT2D eigenvalue weighted by Crippen LogP contribution is 2.09. The zero-order valence-electron chi connectivity index (χ0n) is 9.26. The highest BCUT2D eigenvalue weighted by atomic mass is 16.5. The Hall–Kier alpha value is -2.11. The number of nitrogens with zero attached hydrogens (tertiary/aromatic N) is 2. The first-order valence-electron chi connectivity index (χ1n) is 4.48. The molecule has 0 bridgehead atoms. The van der Waals surface area contributed by atoms with Gasteiger partial charge in [0, 0.05) is 12.4 Å². The SMILES string of the molecule is COC(=O)C=C(C(=O)OC)n1ccnc1C. The van der Waals surface area contributed by atoms with Crippen LogP contribution in [-0.2, 0) is 19.1 Å². The van der Waals surface area contributed by atoms with Crippen LogP contribution in [0.1, 0.15) is 5.82 Å². The fourth-order valence-electron chi connectivity index (χ4n) is 1.13. The summed E-state index contributed by atoms with van der Waals surface area (Å²) in [7, 11) is 2.47. The number of aromatic nitrogens is 2. The van der Waals surface area contributed by atoms with Crippen LogP contribution in [0, 0.1) is 6.92 Å². The average molecular weight is 224 g/mol. The Morgan fingerprint density at radius 2 is 2.06 bits per heavy atom. The molecule has 0 aliphatic rings. The van der Waals surface area contributed by atoms with E-state index in [0.29, 0.717) is 5.82 Å². The van der Waals surface area contributed by atoms with Crippen molar-refractivity contribution in [2.24, 2.45) is 0 Å². The minimum atomic E-state index is -0.633. The Bertz CT molecular complexity index is 434. The molecule has 0 amide bonds. The molecule has 0 spiro atoms. The lowest BCUT2D eigenvalue weighted by Gasteiger charge is -2.07. The average Bonchev–Trinajstić information content (AvgIpc) is 2.70. The molecule has 0 aromatic carbocycles. The Morgan fingerprint density at radius 3 is 2.50 bits per heavy atom. The Labute approximate surface area is 92.5 Å². The molecule has 16 heavy (non-hydrogen) atoms. The van der Waals surface area contributed by atoms with Gasteiger partial charge in [-0.3, -0.25) is 4.57 Å². The smallest absolute Gasteiger partial charge is 0.355 e. The number of imidazole rings is 1. The maximum absolute atomic E-state index is 11.5. The summed E-state index contributed by atoms with van der Waals surface area (Å²) in [5.74, 6) is -0.694. The van der Waals surface area contributed by atoms with Crippen molar-refractivity contribution in [1.29, 1.82) is 0 Å². The lowest BCUT2D eigenvalue weighted by Crippen LogP contribution is -2.13. The highest BCUT2D eigenvalue weighted by Gasteiger charge is 2.15. The largest absolute Gasteiger partial charge is 0.466 e. The van der Waals surface area contributed by atoms with E-state index < -0.39 is 11.9 Å². The maximum atomic E-state index is 11.5. The molecule has 86 valence electrons. The van der Waals surface area contributed by atoms with Gasteiger partial charge < -0.3 is 9.47 Å². The van der Waals surface area contributed by atoms with Crippen molar-refractivity contribution in [1.82, 2.24) is 9.55 Å². The van der Waals surface area contributed by atoms with Gasteiger partial charge in [-0.2, -0.15) is 0 Å². The van der Waals surface area contributed by atoms with Crippen molar-refractivity contribution in [2.45, 2.75) is 6.92 Å². The van der Waals surface area contributed by atoms with Crippen molar-refractivity contribution >= 4 is 17.6 Å². The van der Waals surface area contributed by atoms with Gasteiger partial charge in [0.15, 0.2) is 0 Å². The van der Waals surface area contributed by atoms with E-state index in [-0.39, 0.29) is 5.70 Å². The molecule has 0 atom stereocenters. The fraction of sp³-hybridized carbons (Fsp3) is 0.300. The lowest BCUT2D eigenvalue weighted by atomic mass is 10.3. The Kier molecular flexibility index (Phi) is 3.82. The summed E-state index contributed by atoms with van der Waals surface area (Å²) < 4.78 is 10.5. The second-order valence-electron chi connectivity index (χ2n) is 2.89. The number of rotatable bonds is 3. The van der Waals surface area contributed by atoms with E-state index in [1.807, 2.05) is 0 Å². The molecule has 6 nitrogen and oxygen atoms in total. The number of hydrogen-bond donors (Lipinski definition) is 0. The van der Waals surface area contributed by atoms with Gasteiger partial charge in [-0.25, -0.2) is 14.6 Å². The van der Waals surface area contributed by atoms with Crippen LogP contribution >= 0.6 is 0 Å². The highest BCUT2D eigenvalue weighted by molar-refractivity contribution is 6.14. The Balaban J connectivity index is 3.16. The summed E-state index contributed by atoms with van der Waals surface area (Å²) in [6.07, 6.45) is 4.13. The third-order valence-electron chi connectivity index (χ3n) is 1.94. The van der Waals surface area contributed by atoms with Crippen LogP contribution in [-0.4, -0.2) is 35.7 Å². The van der Waals surface area contributed by atoms with Crippen LogP contribution in [0.4, 0.5) is 0 Å². The molecule has 1 aromatic heterocycles. The molecular formula is C10H12N2O4. The third-order valence-corrected chi connectivity index (χ3v) is 1.94. The number of aryl methyl sites for hydroxylation is 1. The predicted molar refractivity (Wildman–Crippen MR) is 55.3 cm³/mol. The third kappa shape index (κ3) is 2.47. The van der Waals surface area contributed by atoms with Crippen LogP contribution in [0.15, 0.2) is 18.5 Å². The van der Waals surface area contributed by atoms with Gasteiger partial charge in [-0.15, -0.1) is 0 Å². The van der Waals surface area contributed by atoms with Gasteiger partial charge in [-0.05, 0) is 6.92 Å². The number of ether oxygens (including phenoxy) is 2. The fourth-order valence-corrected chi connectivity index (χ4v) is 1.13. The van der Waals surface area contributed by atoms with E-state index in [4.69, 9.17) is 0 Å². The van der Waals surface area contributed by atoms with Crippen LogP contribution in [0.25, 0.3) is 5.70 Å². The van der Waals surface area contributed by atoms with E-state index in [2.05, 4.69) is 14.5 Å². The predicted octanol–water partition coefficient (Wildman–Crippen LogP) is 0.378. The molecular weight excluding hydrogens is 212 g/mol. The van der Waals surface area contributed by atoms with Crippen molar-refractivity contribution in [3.63, 3.8) is 0 Å². The topological polar surface area (TPSA) is 70.4 Å². The summed E-state index contributed by atoms with van der Waals surface area (Å²) in [6.45, 7) is 1.70. The molecule has 0 aliphatic heterocycles. The second-order valence-corrected chi connectivity index (χ2v) is 2.89. The summed E-state index contributed by atoms with van der Waals surface area (Å²) in [5.41, 5.74) is 0.0596. The van der Waals surface area contributed by atoms with Crippen molar-refractivity contribution in [2.75, 3.05) is 14.2 Å². The molecule has 0 aliphatic carbocycles.